The van der Waals surface area contributed by atoms with Gasteiger partial charge in [-0.3, -0.25) is 4.79 Å². The Morgan fingerprint density at radius 2 is 2.10 bits per heavy atom. The Labute approximate surface area is 130 Å². The molecule has 1 rings (SSSR count). The zero-order valence-corrected chi connectivity index (χ0v) is 13.4. The van der Waals surface area contributed by atoms with Crippen LogP contribution in [0.4, 0.5) is 5.69 Å². The molecule has 21 heavy (non-hydrogen) atoms. The molecule has 0 fully saturated rings. The van der Waals surface area contributed by atoms with Crippen molar-refractivity contribution in [3.8, 4) is 5.75 Å². The van der Waals surface area contributed by atoms with Crippen molar-refractivity contribution in [3.05, 3.63) is 22.7 Å². The minimum Gasteiger partial charge on any atom is -0.496 e. The second kappa shape index (κ2) is 8.71. The molecule has 0 saturated carbocycles. The average molecular weight is 316 g/mol. The highest BCUT2D eigenvalue weighted by atomic mass is 35.5. The Morgan fingerprint density at radius 3 is 2.71 bits per heavy atom. The number of hydrogen-bond acceptors (Lipinski definition) is 5. The highest BCUT2D eigenvalue weighted by Gasteiger charge is 2.14. The molecule has 0 heterocycles. The molecule has 7 heteroatoms. The van der Waals surface area contributed by atoms with Crippen molar-refractivity contribution in [1.29, 1.82) is 0 Å². The average Bonchev–Trinajstić information content (AvgIpc) is 2.47. The number of nitrogens with one attached hydrogen (secondary N) is 1. The van der Waals surface area contributed by atoms with Gasteiger partial charge in [-0.25, -0.2) is 0 Å². The van der Waals surface area contributed by atoms with Crippen molar-refractivity contribution in [2.24, 2.45) is 0 Å². The van der Waals surface area contributed by atoms with Gasteiger partial charge in [0.05, 0.1) is 30.0 Å². The van der Waals surface area contributed by atoms with Gasteiger partial charge in [-0.1, -0.05) is 11.6 Å². The molecule has 1 amide bonds. The van der Waals surface area contributed by atoms with Crippen molar-refractivity contribution in [2.75, 3.05) is 53.2 Å². The van der Waals surface area contributed by atoms with Crippen molar-refractivity contribution in [3.63, 3.8) is 0 Å². The number of nitrogens with zero attached hydrogens (tertiary/aromatic N) is 1. The van der Waals surface area contributed by atoms with Gasteiger partial charge in [-0.15, -0.1) is 0 Å². The van der Waals surface area contributed by atoms with E-state index in [1.807, 2.05) is 7.05 Å². The molecule has 0 aromatic heterocycles. The maximum atomic E-state index is 12.1. The molecule has 0 aliphatic carbocycles. The fraction of sp³-hybridized carbons (Fsp3) is 0.500. The third-order valence-electron chi connectivity index (χ3n) is 3.02. The zero-order chi connectivity index (χ0) is 15.8. The quantitative estimate of drug-likeness (QED) is 0.706. The van der Waals surface area contributed by atoms with Crippen LogP contribution in [0.5, 0.6) is 5.75 Å². The van der Waals surface area contributed by atoms with E-state index in [1.165, 1.54) is 13.2 Å². The lowest BCUT2D eigenvalue weighted by molar-refractivity contribution is 0.0944. The monoisotopic (exact) mass is 315 g/mol. The van der Waals surface area contributed by atoms with Gasteiger partial charge in [0, 0.05) is 32.8 Å². The molecule has 3 N–H and O–H groups in total. The summed E-state index contributed by atoms with van der Waals surface area (Å²) in [7, 11) is 5.11. The van der Waals surface area contributed by atoms with E-state index in [0.29, 0.717) is 35.2 Å². The number of nitrogens with two attached hydrogens (primary N) is 1. The molecule has 0 aliphatic heterocycles. The number of nitrogen functional groups attached to an aromatic ring is 1. The lowest BCUT2D eigenvalue weighted by atomic mass is 10.1. The molecule has 6 nitrogen and oxygen atoms in total. The van der Waals surface area contributed by atoms with Gasteiger partial charge in [0.25, 0.3) is 5.91 Å². The second-order valence-corrected chi connectivity index (χ2v) is 5.03. The Hall–Kier alpha value is -1.50. The van der Waals surface area contributed by atoms with E-state index in [-0.39, 0.29) is 5.91 Å². The number of anilines is 1. The van der Waals surface area contributed by atoms with Crippen molar-refractivity contribution in [2.45, 2.75) is 0 Å². The van der Waals surface area contributed by atoms with E-state index in [0.717, 1.165) is 13.1 Å². The molecule has 0 unspecified atom stereocenters. The number of carbonyl (C=O) groups excluding carboxylic acids is 1. The zero-order valence-electron chi connectivity index (χ0n) is 12.6. The van der Waals surface area contributed by atoms with Gasteiger partial charge in [-0.05, 0) is 13.1 Å². The highest BCUT2D eigenvalue weighted by molar-refractivity contribution is 6.33. The van der Waals surface area contributed by atoms with Crippen LogP contribution < -0.4 is 15.8 Å². The first-order valence-electron chi connectivity index (χ1n) is 6.58. The van der Waals surface area contributed by atoms with Gasteiger partial charge >= 0.3 is 0 Å². The number of likely N-dealkylation sites (N-methyl/N-ethyl adjacent to an activating group) is 1. The first kappa shape index (κ1) is 17.6. The van der Waals surface area contributed by atoms with Gasteiger partial charge in [0.1, 0.15) is 5.75 Å². The van der Waals surface area contributed by atoms with E-state index < -0.39 is 0 Å². The minimum absolute atomic E-state index is 0.242. The fourth-order valence-electron chi connectivity index (χ4n) is 1.73. The Bertz CT molecular complexity index is 483. The lowest BCUT2D eigenvalue weighted by Crippen LogP contribution is -2.34. The first-order chi connectivity index (χ1) is 9.99. The number of rotatable bonds is 8. The van der Waals surface area contributed by atoms with Crippen LogP contribution in [-0.4, -0.2) is 58.3 Å². The van der Waals surface area contributed by atoms with Crippen LogP contribution in [0, 0.1) is 0 Å². The molecule has 0 aliphatic rings. The fourth-order valence-corrected chi connectivity index (χ4v) is 1.89. The molecule has 118 valence electrons. The number of hydrogen-bond donors (Lipinski definition) is 2. The summed E-state index contributed by atoms with van der Waals surface area (Å²) in [4.78, 5) is 14.2. The number of amides is 1. The molecule has 0 bridgehead atoms. The number of halogens is 1. The Balaban J connectivity index is 2.58. The molecule has 0 radical (unpaired) electrons. The Kier molecular flexibility index (Phi) is 7.28. The van der Waals surface area contributed by atoms with E-state index in [1.54, 1.807) is 13.2 Å². The number of methoxy groups -OCH3 is 2. The lowest BCUT2D eigenvalue weighted by Gasteiger charge is -2.16. The van der Waals surface area contributed by atoms with Crippen LogP contribution in [0.3, 0.4) is 0 Å². The topological polar surface area (TPSA) is 76.8 Å². The standard InChI is InChI=1S/C14H22ClN3O3/c1-18(6-7-20-2)5-4-17-14(19)10-8-11(15)12(16)9-13(10)21-3/h8-9H,4-7,16H2,1-3H3,(H,17,19). The largest absolute Gasteiger partial charge is 0.496 e. The smallest absolute Gasteiger partial charge is 0.255 e. The third-order valence-corrected chi connectivity index (χ3v) is 3.35. The van der Waals surface area contributed by atoms with Gasteiger partial charge in [-0.2, -0.15) is 0 Å². The summed E-state index contributed by atoms with van der Waals surface area (Å²) in [5.41, 5.74) is 6.44. The molecule has 1 aromatic carbocycles. The molecule has 0 saturated heterocycles. The minimum atomic E-state index is -0.242. The Morgan fingerprint density at radius 1 is 1.38 bits per heavy atom. The van der Waals surface area contributed by atoms with Gasteiger partial charge < -0.3 is 25.4 Å². The van der Waals surface area contributed by atoms with Crippen molar-refractivity contribution < 1.29 is 14.3 Å². The van der Waals surface area contributed by atoms with Crippen LogP contribution in [-0.2, 0) is 4.74 Å². The van der Waals surface area contributed by atoms with Crippen molar-refractivity contribution in [1.82, 2.24) is 10.2 Å². The summed E-state index contributed by atoms with van der Waals surface area (Å²) in [6.45, 7) is 2.71. The summed E-state index contributed by atoms with van der Waals surface area (Å²) in [5.74, 6) is 0.163. The maximum absolute atomic E-state index is 12.1. The predicted molar refractivity (Wildman–Crippen MR) is 84.1 cm³/mol. The molecular formula is C14H22ClN3O3. The summed E-state index contributed by atoms with van der Waals surface area (Å²) in [6.07, 6.45) is 0. The normalized spacial score (nSPS) is 10.7. The van der Waals surface area contributed by atoms with E-state index in [9.17, 15) is 4.79 Å². The van der Waals surface area contributed by atoms with Crippen LogP contribution in [0.15, 0.2) is 12.1 Å². The van der Waals surface area contributed by atoms with E-state index >= 15 is 0 Å². The number of carbonyl (C=O) groups is 1. The summed E-state index contributed by atoms with van der Waals surface area (Å²) < 4.78 is 10.1. The van der Waals surface area contributed by atoms with Gasteiger partial charge in [0.2, 0.25) is 0 Å². The molecule has 0 atom stereocenters. The van der Waals surface area contributed by atoms with E-state index in [4.69, 9.17) is 26.8 Å². The number of ether oxygens (including phenoxy) is 2. The van der Waals surface area contributed by atoms with E-state index in [2.05, 4.69) is 10.2 Å². The molecule has 1 aromatic rings. The second-order valence-electron chi connectivity index (χ2n) is 4.63. The maximum Gasteiger partial charge on any atom is 0.255 e. The van der Waals surface area contributed by atoms with Crippen molar-refractivity contribution >= 4 is 23.2 Å². The highest BCUT2D eigenvalue weighted by Crippen LogP contribution is 2.28. The summed E-state index contributed by atoms with van der Waals surface area (Å²) in [5, 5.41) is 3.16. The van der Waals surface area contributed by atoms with Gasteiger partial charge in [0.15, 0.2) is 0 Å². The van der Waals surface area contributed by atoms with Crippen LogP contribution >= 0.6 is 11.6 Å². The van der Waals surface area contributed by atoms with Crippen LogP contribution in [0.1, 0.15) is 10.4 Å². The SMILES string of the molecule is COCCN(C)CCNC(=O)c1cc(Cl)c(N)cc1OC. The van der Waals surface area contributed by atoms with Crippen LogP contribution in [0.2, 0.25) is 5.02 Å². The molecular weight excluding hydrogens is 294 g/mol. The third kappa shape index (κ3) is 5.41. The summed E-state index contributed by atoms with van der Waals surface area (Å²) in [6, 6.07) is 3.06. The molecule has 0 spiro atoms. The number of benzene rings is 1. The van der Waals surface area contributed by atoms with Crippen LogP contribution in [0.25, 0.3) is 0 Å². The predicted octanol–water partition coefficient (Wildman–Crippen LogP) is 1.24. The first-order valence-corrected chi connectivity index (χ1v) is 6.96. The summed E-state index contributed by atoms with van der Waals surface area (Å²) >= 11 is 5.95.